The van der Waals surface area contributed by atoms with Crippen molar-refractivity contribution in [1.82, 2.24) is 15.6 Å². The van der Waals surface area contributed by atoms with E-state index in [0.717, 1.165) is 53.6 Å². The molecule has 0 fully saturated rings. The summed E-state index contributed by atoms with van der Waals surface area (Å²) in [6, 6.07) is 13.5. The third kappa shape index (κ3) is 18.7. The molecule has 40 heavy (non-hydrogen) atoms. The molecule has 1 heterocycles. The van der Waals surface area contributed by atoms with Gasteiger partial charge in [0.1, 0.15) is 12.0 Å². The maximum atomic E-state index is 11.3. The third-order valence-corrected chi connectivity index (χ3v) is 6.20. The summed E-state index contributed by atoms with van der Waals surface area (Å²) in [6.07, 6.45) is 5.59. The van der Waals surface area contributed by atoms with E-state index < -0.39 is 0 Å². The fourth-order valence-electron chi connectivity index (χ4n) is 2.79. The van der Waals surface area contributed by atoms with E-state index in [1.54, 1.807) is 14.1 Å². The van der Waals surface area contributed by atoms with Crippen LogP contribution >= 0.6 is 11.8 Å². The third-order valence-electron chi connectivity index (χ3n) is 5.20. The van der Waals surface area contributed by atoms with Gasteiger partial charge in [0.05, 0.1) is 11.9 Å². The Morgan fingerprint density at radius 2 is 1.70 bits per heavy atom. The molecule has 0 saturated heterocycles. The number of hydrogen-bond acceptors (Lipinski definition) is 7. The Morgan fingerprint density at radius 1 is 1.02 bits per heavy atom. The molecule has 0 aliphatic heterocycles. The first-order valence-electron chi connectivity index (χ1n) is 13.4. The summed E-state index contributed by atoms with van der Waals surface area (Å²) in [6.45, 7) is 12.6. The lowest BCUT2D eigenvalue weighted by molar-refractivity contribution is -0.120. The maximum absolute atomic E-state index is 11.3. The molecule has 0 aliphatic rings. The number of carbonyl (C=O) groups is 3. The van der Waals surface area contributed by atoms with Crippen LogP contribution in [-0.4, -0.2) is 54.1 Å². The number of aldehydes is 1. The van der Waals surface area contributed by atoms with E-state index in [1.807, 2.05) is 83.3 Å². The number of aryl methyl sites for hydroxylation is 1. The Kier molecular flexibility index (Phi) is 20.4. The highest BCUT2D eigenvalue weighted by atomic mass is 32.2. The van der Waals surface area contributed by atoms with Gasteiger partial charge in [-0.2, -0.15) is 0 Å². The summed E-state index contributed by atoms with van der Waals surface area (Å²) >= 11 is 1.00. The Hall–Kier alpha value is -3.46. The van der Waals surface area contributed by atoms with Gasteiger partial charge < -0.3 is 20.2 Å². The number of nitrogens with zero attached hydrogens (tertiary/aromatic N) is 2. The monoisotopic (exact) mass is 570 g/mol. The van der Waals surface area contributed by atoms with Crippen molar-refractivity contribution in [1.29, 1.82) is 0 Å². The van der Waals surface area contributed by atoms with Gasteiger partial charge in [0.25, 0.3) is 5.24 Å². The molecule has 2 rings (SSSR count). The number of ether oxygens (including phenoxy) is 1. The molecule has 0 radical (unpaired) electrons. The molecule has 2 aromatic rings. The summed E-state index contributed by atoms with van der Waals surface area (Å²) in [5, 5.41) is 4.38. The number of nitrogens with one attached hydrogen (secondary N) is 2. The minimum atomic E-state index is -0.390. The predicted molar refractivity (Wildman–Crippen MR) is 167 cm³/mol. The van der Waals surface area contributed by atoms with E-state index in [4.69, 9.17) is 4.74 Å². The van der Waals surface area contributed by atoms with E-state index >= 15 is 0 Å². The number of aromatic nitrogens is 1. The van der Waals surface area contributed by atoms with Crippen LogP contribution in [0.1, 0.15) is 64.4 Å². The minimum Gasteiger partial charge on any atom is -0.493 e. The van der Waals surface area contributed by atoms with Crippen LogP contribution in [0.5, 0.6) is 5.75 Å². The largest absolute Gasteiger partial charge is 0.493 e. The number of benzene rings is 1. The molecule has 9 heteroatoms. The van der Waals surface area contributed by atoms with Crippen LogP contribution in [0.3, 0.4) is 0 Å². The zero-order valence-corrected chi connectivity index (χ0v) is 26.1. The zero-order chi connectivity index (χ0) is 30.3. The number of allylic oxidation sites excluding steroid dienone is 1. The van der Waals surface area contributed by atoms with Crippen LogP contribution in [0.4, 0.5) is 4.79 Å². The van der Waals surface area contributed by atoms with Crippen molar-refractivity contribution in [3.8, 4) is 5.75 Å². The fourth-order valence-corrected chi connectivity index (χ4v) is 3.51. The van der Waals surface area contributed by atoms with Gasteiger partial charge in [-0.25, -0.2) is 0 Å². The molecule has 1 aromatic heterocycles. The fraction of sp³-hybridized carbons (Fsp3) is 0.452. The molecular formula is C31H46N4O4S. The Labute approximate surface area is 244 Å². The second kappa shape index (κ2) is 22.4. The predicted octanol–water partition coefficient (Wildman–Crippen LogP) is 6.12. The SMILES string of the molecule is CCC(=O)NC.CCC(C)=NC=C(C)C.CNC(=O)SC(C=O)Cc1ccc(OCCc2cccc(C)n2)cc1. The van der Waals surface area contributed by atoms with Crippen molar-refractivity contribution >= 4 is 34.9 Å². The number of rotatable bonds is 11. The first-order chi connectivity index (χ1) is 19.1. The number of carbonyl (C=O) groups excluding carboxylic acids is 3. The van der Waals surface area contributed by atoms with Crippen LogP contribution in [0, 0.1) is 6.92 Å². The molecule has 1 unspecified atom stereocenters. The molecule has 1 aromatic carbocycles. The molecule has 1 atom stereocenters. The van der Waals surface area contributed by atoms with Crippen molar-refractivity contribution in [3.05, 3.63) is 71.2 Å². The number of amides is 2. The number of thioether (sulfide) groups is 1. The average molecular weight is 571 g/mol. The molecule has 0 spiro atoms. The molecule has 8 nitrogen and oxygen atoms in total. The van der Waals surface area contributed by atoms with Crippen molar-refractivity contribution in [2.24, 2.45) is 4.99 Å². The lowest BCUT2D eigenvalue weighted by Crippen LogP contribution is -2.18. The molecular weight excluding hydrogens is 524 g/mol. The molecule has 2 amide bonds. The number of pyridine rings is 1. The number of hydrogen-bond donors (Lipinski definition) is 2. The Bertz CT molecular complexity index is 1070. The number of aliphatic imine (C=N–C) groups is 1. The van der Waals surface area contributed by atoms with E-state index in [2.05, 4.69) is 27.5 Å². The summed E-state index contributed by atoms with van der Waals surface area (Å²) in [4.78, 5) is 41.2. The van der Waals surface area contributed by atoms with Gasteiger partial charge in [-0.15, -0.1) is 0 Å². The normalized spacial score (nSPS) is 10.9. The van der Waals surface area contributed by atoms with E-state index in [0.29, 0.717) is 19.4 Å². The lowest BCUT2D eigenvalue weighted by atomic mass is 10.1. The van der Waals surface area contributed by atoms with Crippen LogP contribution in [-0.2, 0) is 22.4 Å². The van der Waals surface area contributed by atoms with Gasteiger partial charge in [-0.3, -0.25) is 19.6 Å². The average Bonchev–Trinajstić information content (AvgIpc) is 2.96. The van der Waals surface area contributed by atoms with Crippen LogP contribution < -0.4 is 15.4 Å². The van der Waals surface area contributed by atoms with Gasteiger partial charge in [0, 0.05) is 50.2 Å². The summed E-state index contributed by atoms with van der Waals surface area (Å²) in [5.41, 5.74) is 5.44. The highest BCUT2D eigenvalue weighted by Crippen LogP contribution is 2.18. The van der Waals surface area contributed by atoms with E-state index in [9.17, 15) is 14.4 Å². The van der Waals surface area contributed by atoms with Gasteiger partial charge in [-0.1, -0.05) is 49.4 Å². The summed E-state index contributed by atoms with van der Waals surface area (Å²) in [7, 11) is 3.18. The van der Waals surface area contributed by atoms with Crippen molar-refractivity contribution < 1.29 is 19.1 Å². The molecule has 220 valence electrons. The van der Waals surface area contributed by atoms with Gasteiger partial charge in [-0.05, 0) is 70.4 Å². The zero-order valence-electron chi connectivity index (χ0n) is 25.2. The van der Waals surface area contributed by atoms with Crippen molar-refractivity contribution in [3.63, 3.8) is 0 Å². The van der Waals surface area contributed by atoms with Crippen molar-refractivity contribution in [2.45, 2.75) is 72.5 Å². The van der Waals surface area contributed by atoms with Crippen LogP contribution in [0.2, 0.25) is 0 Å². The second-order valence-corrected chi connectivity index (χ2v) is 10.2. The highest BCUT2D eigenvalue weighted by Gasteiger charge is 2.13. The van der Waals surface area contributed by atoms with E-state index in [1.165, 1.54) is 11.3 Å². The highest BCUT2D eigenvalue weighted by molar-refractivity contribution is 8.14. The maximum Gasteiger partial charge on any atom is 0.279 e. The van der Waals surface area contributed by atoms with Gasteiger partial charge >= 0.3 is 0 Å². The molecule has 0 saturated carbocycles. The van der Waals surface area contributed by atoms with Gasteiger partial charge in [0.2, 0.25) is 5.91 Å². The second-order valence-electron chi connectivity index (χ2n) is 9.00. The van der Waals surface area contributed by atoms with Crippen LogP contribution in [0.15, 0.2) is 59.2 Å². The van der Waals surface area contributed by atoms with Crippen molar-refractivity contribution in [2.75, 3.05) is 20.7 Å². The standard InChI is InChI=1S/C19H22N2O3S.C8H15N.C4H9NO/c1-14-4-3-5-16(21-14)10-11-24-17-8-6-15(7-9-17)12-18(13-22)25-19(23)20-2;1-5-8(4)9-6-7(2)3;1-3-4(6)5-2/h3-9,13,18H,10-12H2,1-2H3,(H,20,23);6H,5H2,1-4H3;3H2,1-2H3,(H,5,6). The molecule has 2 N–H and O–H groups in total. The lowest BCUT2D eigenvalue weighted by Gasteiger charge is -2.10. The Morgan fingerprint density at radius 3 is 2.17 bits per heavy atom. The topological polar surface area (TPSA) is 110 Å². The summed E-state index contributed by atoms with van der Waals surface area (Å²) in [5.74, 6) is 0.869. The van der Waals surface area contributed by atoms with Gasteiger partial charge in [0.15, 0.2) is 0 Å². The smallest absolute Gasteiger partial charge is 0.279 e. The van der Waals surface area contributed by atoms with Crippen LogP contribution in [0.25, 0.3) is 0 Å². The Balaban J connectivity index is 0.000000834. The first-order valence-corrected chi connectivity index (χ1v) is 14.3. The quantitative estimate of drug-likeness (QED) is 0.249. The summed E-state index contributed by atoms with van der Waals surface area (Å²) < 4.78 is 5.74. The first kappa shape index (κ1) is 36.5. The van der Waals surface area contributed by atoms with E-state index in [-0.39, 0.29) is 16.4 Å². The molecule has 0 bridgehead atoms. The molecule has 0 aliphatic carbocycles. The minimum absolute atomic E-state index is 0.0926.